The molecule has 0 spiro atoms. The summed E-state index contributed by atoms with van der Waals surface area (Å²) < 4.78 is 66.2. The average molecular weight is 509 g/mol. The second-order valence-electron chi connectivity index (χ2n) is 6.82. The first kappa shape index (κ1) is 24.7. The van der Waals surface area contributed by atoms with Gasteiger partial charge in [0.2, 0.25) is 5.91 Å². The molecular formula is C19H15N3O10S2. The molecule has 0 aliphatic rings. The first-order chi connectivity index (χ1) is 15.7. The molecule has 34 heavy (non-hydrogen) atoms. The van der Waals surface area contributed by atoms with Crippen LogP contribution in [0.4, 0.5) is 17.1 Å². The topological polar surface area (TPSA) is 220 Å². The fraction of sp³-hybridized carbons (Fsp3) is 0.0526. The molecule has 178 valence electrons. The van der Waals surface area contributed by atoms with E-state index < -0.39 is 53.3 Å². The molecule has 0 saturated carbocycles. The lowest BCUT2D eigenvalue weighted by atomic mass is 10.1. The lowest BCUT2D eigenvalue weighted by Gasteiger charge is -2.14. The molecule has 0 atom stereocenters. The molecule has 0 bridgehead atoms. The third kappa shape index (κ3) is 5.18. The molecule has 5 N–H and O–H groups in total. The summed E-state index contributed by atoms with van der Waals surface area (Å²) in [7, 11) is -9.85. The smallest absolute Gasteiger partial charge is 0.335 e. The molecule has 0 radical (unpaired) electrons. The van der Waals surface area contributed by atoms with Crippen LogP contribution in [0.1, 0.15) is 17.3 Å². The van der Waals surface area contributed by atoms with Crippen LogP contribution in [0.25, 0.3) is 10.8 Å². The van der Waals surface area contributed by atoms with Crippen LogP contribution in [-0.4, -0.2) is 48.0 Å². The van der Waals surface area contributed by atoms with Crippen LogP contribution in [0.5, 0.6) is 5.75 Å². The summed E-state index contributed by atoms with van der Waals surface area (Å²) in [5.74, 6) is -2.77. The van der Waals surface area contributed by atoms with Gasteiger partial charge in [-0.25, -0.2) is 4.79 Å². The van der Waals surface area contributed by atoms with Crippen LogP contribution in [-0.2, 0) is 25.0 Å². The van der Waals surface area contributed by atoms with Crippen molar-refractivity contribution in [3.63, 3.8) is 0 Å². The number of rotatable bonds is 6. The van der Waals surface area contributed by atoms with Gasteiger partial charge in [-0.2, -0.15) is 21.9 Å². The standard InChI is InChI=1S/C19H15N3O10S2/c1-9(23)20-14-8-13(33(27,28)29)6-11-7-15(34(30,31)32)17(18(24)16(11)14)22-21-12-4-2-10(3-5-12)19(25)26/h2-8,24H,1H3,(H,20,23)(H,25,26)(H,27,28,29)(H,30,31,32). The Bertz CT molecular complexity index is 1580. The number of carbonyl (C=O) groups is 2. The zero-order valence-corrected chi connectivity index (χ0v) is 18.6. The van der Waals surface area contributed by atoms with E-state index in [4.69, 9.17) is 5.11 Å². The summed E-state index contributed by atoms with van der Waals surface area (Å²) >= 11 is 0. The van der Waals surface area contributed by atoms with Crippen molar-refractivity contribution in [2.75, 3.05) is 5.32 Å². The van der Waals surface area contributed by atoms with Gasteiger partial charge in [0.15, 0.2) is 5.75 Å². The molecule has 15 heteroatoms. The molecule has 0 saturated heterocycles. The highest BCUT2D eigenvalue weighted by Gasteiger charge is 2.25. The molecule has 13 nitrogen and oxygen atoms in total. The van der Waals surface area contributed by atoms with Crippen LogP contribution in [0.15, 0.2) is 62.5 Å². The first-order valence-corrected chi connectivity index (χ1v) is 11.9. The minimum absolute atomic E-state index is 0.0549. The normalized spacial score (nSPS) is 12.2. The second kappa shape index (κ2) is 8.79. The lowest BCUT2D eigenvalue weighted by Crippen LogP contribution is -2.08. The van der Waals surface area contributed by atoms with E-state index in [1.807, 2.05) is 0 Å². The maximum Gasteiger partial charge on any atom is 0.335 e. The van der Waals surface area contributed by atoms with Gasteiger partial charge < -0.3 is 15.5 Å². The first-order valence-electron chi connectivity index (χ1n) is 9.00. The zero-order chi connectivity index (χ0) is 25.4. The summed E-state index contributed by atoms with van der Waals surface area (Å²) in [6.07, 6.45) is 0. The van der Waals surface area contributed by atoms with Crippen molar-refractivity contribution in [1.82, 2.24) is 0 Å². The number of carbonyl (C=O) groups excluding carboxylic acids is 1. The van der Waals surface area contributed by atoms with Crippen molar-refractivity contribution < 1.29 is 45.7 Å². The van der Waals surface area contributed by atoms with E-state index in [-0.39, 0.29) is 27.7 Å². The second-order valence-corrected chi connectivity index (χ2v) is 9.64. The van der Waals surface area contributed by atoms with E-state index in [9.17, 15) is 40.6 Å². The van der Waals surface area contributed by atoms with E-state index >= 15 is 0 Å². The van der Waals surface area contributed by atoms with Crippen LogP contribution < -0.4 is 5.32 Å². The highest BCUT2D eigenvalue weighted by Crippen LogP contribution is 2.45. The Balaban J connectivity index is 2.33. The fourth-order valence-corrected chi connectivity index (χ4v) is 4.17. The zero-order valence-electron chi connectivity index (χ0n) is 17.0. The third-order valence-corrected chi connectivity index (χ3v) is 6.09. The van der Waals surface area contributed by atoms with E-state index in [1.165, 1.54) is 24.3 Å². The van der Waals surface area contributed by atoms with Gasteiger partial charge in [0.1, 0.15) is 10.6 Å². The molecule has 0 aromatic heterocycles. The molecule has 0 heterocycles. The molecule has 0 fully saturated rings. The quantitative estimate of drug-likeness (QED) is 0.241. The van der Waals surface area contributed by atoms with Crippen molar-refractivity contribution in [3.05, 3.63) is 48.0 Å². The third-order valence-electron chi connectivity index (χ3n) is 4.39. The fourth-order valence-electron chi connectivity index (χ4n) is 2.97. The van der Waals surface area contributed by atoms with Crippen molar-refractivity contribution >= 4 is 59.9 Å². The van der Waals surface area contributed by atoms with E-state index in [2.05, 4.69) is 15.5 Å². The number of aromatic carboxylic acids is 1. The Morgan fingerprint density at radius 2 is 1.53 bits per heavy atom. The Morgan fingerprint density at radius 1 is 0.912 bits per heavy atom. The summed E-state index contributed by atoms with van der Waals surface area (Å²) in [5, 5.41) is 28.9. The number of carboxylic acid groups (broad SMARTS) is 1. The SMILES string of the molecule is CC(=O)Nc1cc(S(=O)(=O)O)cc2cc(S(=O)(=O)O)c(N=Nc3ccc(C(=O)O)cc3)c(O)c12. The predicted molar refractivity (Wildman–Crippen MR) is 117 cm³/mol. The number of nitrogens with zero attached hydrogens (tertiary/aromatic N) is 2. The number of anilines is 1. The highest BCUT2D eigenvalue weighted by molar-refractivity contribution is 7.86. The molecule has 0 aliphatic heterocycles. The maximum absolute atomic E-state index is 12.0. The van der Waals surface area contributed by atoms with Crippen molar-refractivity contribution in [1.29, 1.82) is 0 Å². The summed E-state index contributed by atoms with van der Waals surface area (Å²) in [6, 6.07) is 7.32. The van der Waals surface area contributed by atoms with Gasteiger partial charge in [0, 0.05) is 12.3 Å². The van der Waals surface area contributed by atoms with Gasteiger partial charge in [-0.1, -0.05) is 0 Å². The molecule has 3 aromatic rings. The number of benzene rings is 3. The van der Waals surface area contributed by atoms with Crippen molar-refractivity contribution in [2.24, 2.45) is 10.2 Å². The highest BCUT2D eigenvalue weighted by atomic mass is 32.2. The van der Waals surface area contributed by atoms with Gasteiger partial charge in [-0.05, 0) is 47.9 Å². The Hall–Kier alpha value is -3.92. The number of hydrogen-bond donors (Lipinski definition) is 5. The molecule has 0 aliphatic carbocycles. The Morgan fingerprint density at radius 3 is 2.03 bits per heavy atom. The van der Waals surface area contributed by atoms with E-state index in [0.29, 0.717) is 0 Å². The number of aromatic hydroxyl groups is 1. The van der Waals surface area contributed by atoms with Gasteiger partial charge in [-0.3, -0.25) is 13.9 Å². The monoisotopic (exact) mass is 509 g/mol. The minimum atomic E-state index is -5.04. The predicted octanol–water partition coefficient (Wildman–Crippen LogP) is 3.11. The van der Waals surface area contributed by atoms with Crippen LogP contribution >= 0.6 is 0 Å². The Labute approximate surface area is 191 Å². The van der Waals surface area contributed by atoms with Gasteiger partial charge >= 0.3 is 5.97 Å². The summed E-state index contributed by atoms with van der Waals surface area (Å²) in [4.78, 5) is 20.9. The van der Waals surface area contributed by atoms with Gasteiger partial charge in [0.05, 0.1) is 21.8 Å². The number of carboxylic acids is 1. The van der Waals surface area contributed by atoms with Crippen LogP contribution in [0.2, 0.25) is 0 Å². The number of nitrogens with one attached hydrogen (secondary N) is 1. The number of phenolic OH excluding ortho intramolecular Hbond substituents is 1. The van der Waals surface area contributed by atoms with E-state index in [1.54, 1.807) is 0 Å². The van der Waals surface area contributed by atoms with Crippen molar-refractivity contribution in [2.45, 2.75) is 16.7 Å². The largest absolute Gasteiger partial charge is 0.505 e. The van der Waals surface area contributed by atoms with Crippen LogP contribution in [0.3, 0.4) is 0 Å². The molecule has 0 unspecified atom stereocenters. The number of phenols is 1. The van der Waals surface area contributed by atoms with E-state index in [0.717, 1.165) is 25.1 Å². The number of azo groups is 1. The number of hydrogen-bond acceptors (Lipinski definition) is 9. The van der Waals surface area contributed by atoms with Crippen LogP contribution in [0, 0.1) is 0 Å². The Kier molecular flexibility index (Phi) is 6.39. The molecule has 1 amide bonds. The summed E-state index contributed by atoms with van der Waals surface area (Å²) in [6.45, 7) is 1.08. The van der Waals surface area contributed by atoms with Gasteiger partial charge in [-0.15, -0.1) is 5.11 Å². The number of fused-ring (bicyclic) bond motifs is 1. The maximum atomic E-state index is 12.0. The molecular weight excluding hydrogens is 494 g/mol. The lowest BCUT2D eigenvalue weighted by molar-refractivity contribution is -0.114. The minimum Gasteiger partial charge on any atom is -0.505 e. The van der Waals surface area contributed by atoms with Gasteiger partial charge in [0.25, 0.3) is 20.2 Å². The molecule has 3 aromatic carbocycles. The summed E-state index contributed by atoms with van der Waals surface area (Å²) in [5.41, 5.74) is -1.04. The molecule has 3 rings (SSSR count). The van der Waals surface area contributed by atoms with Crippen molar-refractivity contribution in [3.8, 4) is 5.75 Å². The number of amides is 1. The average Bonchev–Trinajstić information content (AvgIpc) is 2.71.